The molecule has 0 spiro atoms. The van der Waals surface area contributed by atoms with Gasteiger partial charge in [0, 0.05) is 22.8 Å². The van der Waals surface area contributed by atoms with Gasteiger partial charge in [0.1, 0.15) is 0 Å². The number of thiophene rings is 1. The maximum atomic E-state index is 5.59. The lowest BCUT2D eigenvalue weighted by atomic mass is 10.2. The van der Waals surface area contributed by atoms with Crippen LogP contribution < -0.4 is 5.73 Å². The number of nitrogens with zero attached hydrogens (tertiary/aromatic N) is 1. The van der Waals surface area contributed by atoms with Gasteiger partial charge < -0.3 is 10.6 Å². The van der Waals surface area contributed by atoms with Crippen molar-refractivity contribution in [3.05, 3.63) is 21.4 Å². The summed E-state index contributed by atoms with van der Waals surface area (Å²) in [5.41, 5.74) is 7.02. The fourth-order valence-corrected chi connectivity index (χ4v) is 2.18. The molecule has 0 aromatic carbocycles. The average molecular weight is 198 g/mol. The van der Waals surface area contributed by atoms with Crippen LogP contribution in [-0.2, 0) is 13.1 Å². The molecule has 1 heterocycles. The predicted molar refractivity (Wildman–Crippen MR) is 59.0 cm³/mol. The summed E-state index contributed by atoms with van der Waals surface area (Å²) in [6, 6.07) is 2.23. The molecule has 1 aromatic heterocycles. The molecular weight excluding hydrogens is 180 g/mol. The minimum atomic E-state index is 0.668. The first-order chi connectivity index (χ1) is 6.17. The monoisotopic (exact) mass is 198 g/mol. The van der Waals surface area contributed by atoms with E-state index in [9.17, 15) is 0 Å². The zero-order valence-corrected chi connectivity index (χ0v) is 9.45. The van der Waals surface area contributed by atoms with Gasteiger partial charge in [0.15, 0.2) is 0 Å². The van der Waals surface area contributed by atoms with Gasteiger partial charge in [-0.25, -0.2) is 0 Å². The summed E-state index contributed by atoms with van der Waals surface area (Å²) in [6.07, 6.45) is 0. The summed E-state index contributed by atoms with van der Waals surface area (Å²) >= 11 is 1.82. The molecule has 3 heteroatoms. The van der Waals surface area contributed by atoms with E-state index in [1.54, 1.807) is 0 Å². The molecule has 74 valence electrons. The summed E-state index contributed by atoms with van der Waals surface area (Å²) in [5.74, 6) is 0. The number of nitrogens with two attached hydrogens (primary N) is 1. The topological polar surface area (TPSA) is 29.3 Å². The number of rotatable bonds is 4. The molecular formula is C10H18N2S. The van der Waals surface area contributed by atoms with Crippen molar-refractivity contribution in [1.82, 2.24) is 4.90 Å². The quantitative estimate of drug-likeness (QED) is 0.801. The molecule has 1 aromatic rings. The molecule has 0 atom stereocenters. The zero-order valence-electron chi connectivity index (χ0n) is 8.63. The van der Waals surface area contributed by atoms with Gasteiger partial charge in [-0.05, 0) is 32.1 Å². The molecule has 2 N–H and O–H groups in total. The second-order valence-electron chi connectivity index (χ2n) is 3.33. The summed E-state index contributed by atoms with van der Waals surface area (Å²) < 4.78 is 0. The Morgan fingerprint density at radius 2 is 2.23 bits per heavy atom. The first kappa shape index (κ1) is 10.7. The van der Waals surface area contributed by atoms with Crippen molar-refractivity contribution in [3.8, 4) is 0 Å². The Morgan fingerprint density at radius 3 is 2.69 bits per heavy atom. The third-order valence-electron chi connectivity index (χ3n) is 2.25. The van der Waals surface area contributed by atoms with Crippen molar-refractivity contribution >= 4 is 11.3 Å². The van der Waals surface area contributed by atoms with E-state index < -0.39 is 0 Å². The maximum Gasteiger partial charge on any atom is 0.0274 e. The third-order valence-corrected chi connectivity index (χ3v) is 3.37. The Hall–Kier alpha value is -0.380. The molecule has 0 aliphatic heterocycles. The van der Waals surface area contributed by atoms with Crippen molar-refractivity contribution in [2.75, 3.05) is 13.6 Å². The maximum absolute atomic E-state index is 5.59. The summed E-state index contributed by atoms with van der Waals surface area (Å²) in [4.78, 5) is 4.99. The average Bonchev–Trinajstić information content (AvgIpc) is 2.47. The van der Waals surface area contributed by atoms with Crippen molar-refractivity contribution in [2.45, 2.75) is 26.9 Å². The molecule has 0 saturated heterocycles. The Bertz CT molecular complexity index is 268. The molecule has 0 bridgehead atoms. The largest absolute Gasteiger partial charge is 0.326 e. The lowest BCUT2D eigenvalue weighted by Crippen LogP contribution is -2.16. The minimum Gasteiger partial charge on any atom is -0.326 e. The molecule has 0 aliphatic rings. The van der Waals surface area contributed by atoms with Crippen LogP contribution in [-0.4, -0.2) is 18.5 Å². The van der Waals surface area contributed by atoms with Crippen LogP contribution in [0.25, 0.3) is 0 Å². The Kier molecular flexibility index (Phi) is 3.90. The van der Waals surface area contributed by atoms with Gasteiger partial charge in [-0.15, -0.1) is 11.3 Å². The Balaban J connectivity index is 2.70. The summed E-state index contributed by atoms with van der Waals surface area (Å²) in [5, 5.41) is 0. The van der Waals surface area contributed by atoms with Gasteiger partial charge in [-0.1, -0.05) is 6.92 Å². The lowest BCUT2D eigenvalue weighted by Gasteiger charge is -2.12. The molecule has 1 rings (SSSR count). The van der Waals surface area contributed by atoms with Crippen molar-refractivity contribution in [2.24, 2.45) is 5.73 Å². The van der Waals surface area contributed by atoms with Crippen molar-refractivity contribution in [1.29, 1.82) is 0 Å². The summed E-state index contributed by atoms with van der Waals surface area (Å²) in [6.45, 7) is 7.14. The highest BCUT2D eigenvalue weighted by molar-refractivity contribution is 7.12. The van der Waals surface area contributed by atoms with Crippen LogP contribution in [0.3, 0.4) is 0 Å². The van der Waals surface area contributed by atoms with Gasteiger partial charge in [-0.2, -0.15) is 0 Å². The third kappa shape index (κ3) is 2.79. The van der Waals surface area contributed by atoms with Crippen LogP contribution in [0.5, 0.6) is 0 Å². The smallest absolute Gasteiger partial charge is 0.0274 e. The van der Waals surface area contributed by atoms with Crippen LogP contribution in [0, 0.1) is 6.92 Å². The van der Waals surface area contributed by atoms with Gasteiger partial charge in [0.05, 0.1) is 0 Å². The first-order valence-corrected chi connectivity index (χ1v) is 5.45. The van der Waals surface area contributed by atoms with Crippen LogP contribution in [0.4, 0.5) is 0 Å². The highest BCUT2D eigenvalue weighted by Crippen LogP contribution is 2.21. The molecule has 0 fully saturated rings. The van der Waals surface area contributed by atoms with E-state index in [1.165, 1.54) is 15.3 Å². The first-order valence-electron chi connectivity index (χ1n) is 4.64. The highest BCUT2D eigenvalue weighted by atomic mass is 32.1. The Labute approximate surface area is 84.4 Å². The second kappa shape index (κ2) is 4.74. The number of hydrogen-bond donors (Lipinski definition) is 1. The lowest BCUT2D eigenvalue weighted by molar-refractivity contribution is 0.345. The minimum absolute atomic E-state index is 0.668. The number of hydrogen-bond acceptors (Lipinski definition) is 3. The summed E-state index contributed by atoms with van der Waals surface area (Å²) in [7, 11) is 2.14. The molecule has 2 nitrogen and oxygen atoms in total. The van der Waals surface area contributed by atoms with E-state index >= 15 is 0 Å². The predicted octanol–water partition coefficient (Wildman–Crippen LogP) is 1.97. The zero-order chi connectivity index (χ0) is 9.84. The van der Waals surface area contributed by atoms with Crippen LogP contribution in [0.1, 0.15) is 22.2 Å². The fourth-order valence-electron chi connectivity index (χ4n) is 1.25. The van der Waals surface area contributed by atoms with Gasteiger partial charge >= 0.3 is 0 Å². The standard InChI is InChI=1S/C10H18N2S/c1-4-12(3)7-9-5-10(6-11)13-8(9)2/h5H,4,6-7,11H2,1-3H3. The molecule has 0 saturated carbocycles. The van der Waals surface area contributed by atoms with Gasteiger partial charge in [0.2, 0.25) is 0 Å². The van der Waals surface area contributed by atoms with Crippen LogP contribution >= 0.6 is 11.3 Å². The van der Waals surface area contributed by atoms with Gasteiger partial charge in [0.25, 0.3) is 0 Å². The molecule has 0 amide bonds. The van der Waals surface area contributed by atoms with E-state index in [1.807, 2.05) is 11.3 Å². The molecule has 0 radical (unpaired) electrons. The van der Waals surface area contributed by atoms with Crippen molar-refractivity contribution < 1.29 is 0 Å². The highest BCUT2D eigenvalue weighted by Gasteiger charge is 2.05. The SMILES string of the molecule is CCN(C)Cc1cc(CN)sc1C. The van der Waals surface area contributed by atoms with E-state index in [2.05, 4.69) is 31.9 Å². The normalized spacial score (nSPS) is 11.2. The van der Waals surface area contributed by atoms with Crippen LogP contribution in [0.2, 0.25) is 0 Å². The van der Waals surface area contributed by atoms with E-state index in [-0.39, 0.29) is 0 Å². The fraction of sp³-hybridized carbons (Fsp3) is 0.600. The van der Waals surface area contributed by atoms with Gasteiger partial charge in [-0.3, -0.25) is 0 Å². The molecule has 0 unspecified atom stereocenters. The Morgan fingerprint density at radius 1 is 1.54 bits per heavy atom. The van der Waals surface area contributed by atoms with E-state index in [4.69, 9.17) is 5.73 Å². The molecule has 0 aliphatic carbocycles. The molecule has 13 heavy (non-hydrogen) atoms. The van der Waals surface area contributed by atoms with E-state index in [0.717, 1.165) is 13.1 Å². The van der Waals surface area contributed by atoms with Crippen LogP contribution in [0.15, 0.2) is 6.07 Å². The van der Waals surface area contributed by atoms with Crippen molar-refractivity contribution in [3.63, 3.8) is 0 Å². The number of aryl methyl sites for hydroxylation is 1. The van der Waals surface area contributed by atoms with E-state index in [0.29, 0.717) is 6.54 Å². The second-order valence-corrected chi connectivity index (χ2v) is 4.67.